The van der Waals surface area contributed by atoms with Gasteiger partial charge in [0.15, 0.2) is 0 Å². The van der Waals surface area contributed by atoms with E-state index in [1.165, 1.54) is 25.3 Å². The van der Waals surface area contributed by atoms with Gasteiger partial charge in [-0.3, -0.25) is 10.1 Å². The van der Waals surface area contributed by atoms with Gasteiger partial charge in [0.25, 0.3) is 0 Å². The summed E-state index contributed by atoms with van der Waals surface area (Å²) in [6.07, 6.45) is 2.92. The Morgan fingerprint density at radius 3 is 2.78 bits per heavy atom. The third kappa shape index (κ3) is 1.95. The van der Waals surface area contributed by atoms with Crippen molar-refractivity contribution in [1.29, 1.82) is 0 Å². The van der Waals surface area contributed by atoms with Gasteiger partial charge in [-0.25, -0.2) is 0 Å². The van der Waals surface area contributed by atoms with Crippen molar-refractivity contribution in [2.75, 3.05) is 0 Å². The summed E-state index contributed by atoms with van der Waals surface area (Å²) in [4.78, 5) is 23.8. The normalized spacial score (nSPS) is 11.7. The molecule has 2 aromatic rings. The third-order valence-corrected chi connectivity index (χ3v) is 2.62. The number of carboxylic acids is 1. The quantitative estimate of drug-likeness (QED) is 0.648. The molecule has 0 aliphatic rings. The van der Waals surface area contributed by atoms with Crippen LogP contribution in [0.4, 0.5) is 0 Å². The van der Waals surface area contributed by atoms with Crippen molar-refractivity contribution in [1.82, 2.24) is 4.98 Å². The standard InChI is InChI=1S/C12H10N2O4/c1-7(14(17)18)5-8-6-13-11-9(8)3-2-4-10(11)12(15)16/h2-6,13H,1H3,(H,15,16)/p-1/b7-5+. The van der Waals surface area contributed by atoms with Crippen molar-refractivity contribution in [2.45, 2.75) is 6.92 Å². The number of nitrogens with one attached hydrogen (secondary N) is 1. The molecule has 1 N–H and O–H groups in total. The number of aromatic carboxylic acids is 1. The summed E-state index contributed by atoms with van der Waals surface area (Å²) < 4.78 is 0. The molecule has 0 spiro atoms. The van der Waals surface area contributed by atoms with Crippen LogP contribution in [0.25, 0.3) is 17.0 Å². The number of hydrogen-bond donors (Lipinski definition) is 1. The lowest BCUT2D eigenvalue weighted by Crippen LogP contribution is -2.22. The smallest absolute Gasteiger partial charge is 0.243 e. The lowest BCUT2D eigenvalue weighted by molar-refractivity contribution is -0.422. The second-order valence-electron chi connectivity index (χ2n) is 3.80. The molecule has 6 heteroatoms. The number of allylic oxidation sites excluding steroid dienone is 1. The Morgan fingerprint density at radius 2 is 2.17 bits per heavy atom. The summed E-state index contributed by atoms with van der Waals surface area (Å²) in [6.45, 7) is 1.38. The topological polar surface area (TPSA) is 99.1 Å². The van der Waals surface area contributed by atoms with E-state index in [0.29, 0.717) is 16.5 Å². The number of hydrogen-bond acceptors (Lipinski definition) is 4. The van der Waals surface area contributed by atoms with Crippen LogP contribution < -0.4 is 5.11 Å². The molecule has 1 heterocycles. The van der Waals surface area contributed by atoms with E-state index >= 15 is 0 Å². The molecule has 18 heavy (non-hydrogen) atoms. The first-order valence-corrected chi connectivity index (χ1v) is 5.15. The van der Waals surface area contributed by atoms with Crippen LogP contribution in [0.15, 0.2) is 30.1 Å². The first kappa shape index (κ1) is 11.8. The highest BCUT2D eigenvalue weighted by molar-refractivity contribution is 6.03. The molecule has 2 rings (SSSR count). The zero-order valence-electron chi connectivity index (χ0n) is 9.47. The number of aromatic nitrogens is 1. The van der Waals surface area contributed by atoms with Crippen LogP contribution in [0.2, 0.25) is 0 Å². The molecule has 0 saturated carbocycles. The van der Waals surface area contributed by atoms with Crippen LogP contribution in [-0.2, 0) is 0 Å². The van der Waals surface area contributed by atoms with Gasteiger partial charge in [-0.2, -0.15) is 0 Å². The Kier molecular flexibility index (Phi) is 2.85. The van der Waals surface area contributed by atoms with Crippen molar-refractivity contribution in [3.05, 3.63) is 51.3 Å². The van der Waals surface area contributed by atoms with Crippen LogP contribution >= 0.6 is 0 Å². The molecule has 0 fully saturated rings. The van der Waals surface area contributed by atoms with Crippen molar-refractivity contribution in [2.24, 2.45) is 0 Å². The number of carbonyl (C=O) groups is 1. The van der Waals surface area contributed by atoms with Gasteiger partial charge in [0, 0.05) is 35.7 Å². The van der Waals surface area contributed by atoms with E-state index in [9.17, 15) is 20.0 Å². The average Bonchev–Trinajstić information content (AvgIpc) is 2.72. The van der Waals surface area contributed by atoms with E-state index in [1.807, 2.05) is 0 Å². The van der Waals surface area contributed by atoms with Crippen LogP contribution in [0, 0.1) is 10.1 Å². The van der Waals surface area contributed by atoms with Crippen LogP contribution in [-0.4, -0.2) is 15.9 Å². The molecule has 0 aliphatic heterocycles. The lowest BCUT2D eigenvalue weighted by Gasteiger charge is -2.03. The van der Waals surface area contributed by atoms with E-state index in [1.54, 1.807) is 12.1 Å². The zero-order chi connectivity index (χ0) is 13.3. The second kappa shape index (κ2) is 4.33. The number of nitro groups is 1. The molecule has 1 aromatic carbocycles. The number of carboxylic acid groups (broad SMARTS) is 1. The van der Waals surface area contributed by atoms with Crippen molar-refractivity contribution < 1.29 is 14.8 Å². The first-order chi connectivity index (χ1) is 8.50. The minimum Gasteiger partial charge on any atom is -0.545 e. The molecule has 0 unspecified atom stereocenters. The molecule has 0 radical (unpaired) electrons. The van der Waals surface area contributed by atoms with Gasteiger partial charge in [-0.05, 0) is 0 Å². The number of para-hydroxylation sites is 1. The van der Waals surface area contributed by atoms with E-state index in [-0.39, 0.29) is 11.3 Å². The van der Waals surface area contributed by atoms with E-state index in [0.717, 1.165) is 0 Å². The lowest BCUT2D eigenvalue weighted by atomic mass is 10.1. The zero-order valence-corrected chi connectivity index (χ0v) is 9.47. The largest absolute Gasteiger partial charge is 0.545 e. The number of H-pyrrole nitrogens is 1. The van der Waals surface area contributed by atoms with E-state index < -0.39 is 10.9 Å². The Hall–Kier alpha value is -2.63. The number of benzene rings is 1. The summed E-state index contributed by atoms with van der Waals surface area (Å²) >= 11 is 0. The SMILES string of the molecule is C/C(=C\c1c[nH]c2c(C(=O)[O-])cccc12)[N+](=O)[O-]. The van der Waals surface area contributed by atoms with E-state index in [4.69, 9.17) is 0 Å². The molecule has 0 saturated heterocycles. The van der Waals surface area contributed by atoms with Gasteiger partial charge >= 0.3 is 0 Å². The highest BCUT2D eigenvalue weighted by Crippen LogP contribution is 2.23. The molecule has 0 aliphatic carbocycles. The third-order valence-electron chi connectivity index (χ3n) is 2.62. The van der Waals surface area contributed by atoms with Gasteiger partial charge in [0.2, 0.25) is 5.70 Å². The monoisotopic (exact) mass is 245 g/mol. The van der Waals surface area contributed by atoms with Gasteiger partial charge in [-0.15, -0.1) is 0 Å². The van der Waals surface area contributed by atoms with Crippen LogP contribution in [0.5, 0.6) is 0 Å². The maximum Gasteiger partial charge on any atom is 0.243 e. The fourth-order valence-electron chi connectivity index (χ4n) is 1.74. The molecular weight excluding hydrogens is 236 g/mol. The van der Waals surface area contributed by atoms with Gasteiger partial charge < -0.3 is 14.9 Å². The minimum atomic E-state index is -1.29. The predicted octanol–water partition coefficient (Wildman–Crippen LogP) is 1.17. The van der Waals surface area contributed by atoms with Crippen molar-refractivity contribution in [3.8, 4) is 0 Å². The fraction of sp³-hybridized carbons (Fsp3) is 0.0833. The number of nitrogens with zero attached hydrogens (tertiary/aromatic N) is 1. The molecular formula is C12H9N2O4-. The molecule has 92 valence electrons. The number of rotatable bonds is 3. The molecule has 6 nitrogen and oxygen atoms in total. The minimum absolute atomic E-state index is 0.0187. The Labute approximate surface area is 102 Å². The maximum atomic E-state index is 10.9. The van der Waals surface area contributed by atoms with E-state index in [2.05, 4.69) is 4.98 Å². The van der Waals surface area contributed by atoms with Gasteiger partial charge in [0.1, 0.15) is 0 Å². The number of carbonyl (C=O) groups excluding carboxylic acids is 1. The summed E-state index contributed by atoms with van der Waals surface area (Å²) in [6, 6.07) is 4.68. The van der Waals surface area contributed by atoms with Gasteiger partial charge in [0.05, 0.1) is 16.4 Å². The summed E-state index contributed by atoms with van der Waals surface area (Å²) in [5, 5.41) is 22.1. The van der Waals surface area contributed by atoms with Crippen LogP contribution in [0.1, 0.15) is 22.8 Å². The van der Waals surface area contributed by atoms with Crippen molar-refractivity contribution in [3.63, 3.8) is 0 Å². The Bertz CT molecular complexity index is 670. The van der Waals surface area contributed by atoms with Crippen molar-refractivity contribution >= 4 is 22.9 Å². The molecule has 0 atom stereocenters. The second-order valence-corrected chi connectivity index (χ2v) is 3.80. The highest BCUT2D eigenvalue weighted by Gasteiger charge is 2.09. The highest BCUT2D eigenvalue weighted by atomic mass is 16.6. The molecule has 0 amide bonds. The maximum absolute atomic E-state index is 10.9. The summed E-state index contributed by atoms with van der Waals surface area (Å²) in [5.41, 5.74) is 0.989. The predicted molar refractivity (Wildman–Crippen MR) is 63.3 cm³/mol. The fourth-order valence-corrected chi connectivity index (χ4v) is 1.74. The number of fused-ring (bicyclic) bond motifs is 1. The number of aromatic amines is 1. The summed E-state index contributed by atoms with van der Waals surface area (Å²) in [5.74, 6) is -1.29. The van der Waals surface area contributed by atoms with Crippen LogP contribution in [0.3, 0.4) is 0 Å². The summed E-state index contributed by atoms with van der Waals surface area (Å²) in [7, 11) is 0. The molecule has 1 aromatic heterocycles. The van der Waals surface area contributed by atoms with Gasteiger partial charge in [-0.1, -0.05) is 18.2 Å². The first-order valence-electron chi connectivity index (χ1n) is 5.15. The Balaban J connectivity index is 2.63. The molecule has 0 bridgehead atoms. The Morgan fingerprint density at radius 1 is 1.44 bits per heavy atom. The average molecular weight is 245 g/mol.